The van der Waals surface area contributed by atoms with E-state index in [-0.39, 0.29) is 17.2 Å². The van der Waals surface area contributed by atoms with Crippen LogP contribution in [0.15, 0.2) is 12.7 Å². The molecule has 1 heterocycles. The predicted molar refractivity (Wildman–Crippen MR) is 65.2 cm³/mol. The van der Waals surface area contributed by atoms with Crippen molar-refractivity contribution in [2.45, 2.75) is 57.7 Å². The summed E-state index contributed by atoms with van der Waals surface area (Å²) < 4.78 is 5.15. The number of ether oxygens (including phenoxy) is 1. The van der Waals surface area contributed by atoms with Gasteiger partial charge in [0.25, 0.3) is 6.47 Å². The Morgan fingerprint density at radius 1 is 1.31 bits per heavy atom. The highest BCUT2D eigenvalue weighted by molar-refractivity contribution is 5.37. The maximum atomic E-state index is 10.5. The summed E-state index contributed by atoms with van der Waals surface area (Å²) >= 11 is 0. The van der Waals surface area contributed by atoms with Gasteiger partial charge in [-0.1, -0.05) is 6.08 Å². The molecular weight excluding hydrogens is 202 g/mol. The fourth-order valence-corrected chi connectivity index (χ4v) is 3.02. The molecule has 0 aromatic rings. The second kappa shape index (κ2) is 4.58. The second-order valence-electron chi connectivity index (χ2n) is 5.79. The van der Waals surface area contributed by atoms with E-state index in [1.54, 1.807) is 0 Å². The lowest BCUT2D eigenvalue weighted by Gasteiger charge is -2.54. The molecule has 1 aliphatic rings. The average Bonchev–Trinajstić information content (AvgIpc) is 2.10. The predicted octanol–water partition coefficient (Wildman–Crippen LogP) is 2.37. The Bertz CT molecular complexity index is 253. The Morgan fingerprint density at radius 2 is 1.81 bits per heavy atom. The van der Waals surface area contributed by atoms with Crippen LogP contribution in [0.25, 0.3) is 0 Å². The van der Waals surface area contributed by atoms with Crippen molar-refractivity contribution in [2.75, 3.05) is 6.54 Å². The molecule has 0 aromatic carbocycles. The molecule has 1 fully saturated rings. The molecule has 0 bridgehead atoms. The van der Waals surface area contributed by atoms with Crippen molar-refractivity contribution >= 4 is 6.47 Å². The molecule has 0 atom stereocenters. The first-order chi connectivity index (χ1) is 7.33. The van der Waals surface area contributed by atoms with Crippen molar-refractivity contribution in [1.82, 2.24) is 4.90 Å². The van der Waals surface area contributed by atoms with Gasteiger partial charge in [-0.3, -0.25) is 9.69 Å². The van der Waals surface area contributed by atoms with Gasteiger partial charge in [-0.05, 0) is 27.7 Å². The number of nitrogens with zero attached hydrogens (tertiary/aromatic N) is 1. The zero-order valence-electron chi connectivity index (χ0n) is 10.8. The summed E-state index contributed by atoms with van der Waals surface area (Å²) in [5.74, 6) is 0. The molecule has 0 aromatic heterocycles. The number of hydrogen-bond acceptors (Lipinski definition) is 3. The van der Waals surface area contributed by atoms with Gasteiger partial charge >= 0.3 is 0 Å². The zero-order valence-corrected chi connectivity index (χ0v) is 10.8. The smallest absolute Gasteiger partial charge is 0.293 e. The SMILES string of the molecule is C=CCN1C(C)(C)CC(OC=O)CC1(C)C. The summed E-state index contributed by atoms with van der Waals surface area (Å²) in [6.07, 6.45) is 3.72. The summed E-state index contributed by atoms with van der Waals surface area (Å²) in [5.41, 5.74) is 0.0627. The van der Waals surface area contributed by atoms with E-state index in [2.05, 4.69) is 39.2 Å². The highest BCUT2D eigenvalue weighted by Crippen LogP contribution is 2.39. The molecule has 1 aliphatic heterocycles. The molecule has 0 radical (unpaired) electrons. The minimum Gasteiger partial charge on any atom is -0.464 e. The first-order valence-electron chi connectivity index (χ1n) is 5.81. The van der Waals surface area contributed by atoms with Gasteiger partial charge in [0.2, 0.25) is 0 Å². The molecule has 3 nitrogen and oxygen atoms in total. The Kier molecular flexibility index (Phi) is 3.79. The molecule has 1 rings (SSSR count). The van der Waals surface area contributed by atoms with Crippen molar-refractivity contribution in [3.8, 4) is 0 Å². The van der Waals surface area contributed by atoms with E-state index in [4.69, 9.17) is 4.74 Å². The summed E-state index contributed by atoms with van der Waals surface area (Å²) in [5, 5.41) is 0. The normalized spacial score (nSPS) is 25.0. The maximum absolute atomic E-state index is 10.5. The van der Waals surface area contributed by atoms with Gasteiger partial charge in [-0.25, -0.2) is 0 Å². The third-order valence-corrected chi connectivity index (χ3v) is 3.48. The van der Waals surface area contributed by atoms with E-state index in [9.17, 15) is 4.79 Å². The molecule has 0 N–H and O–H groups in total. The van der Waals surface area contributed by atoms with Crippen LogP contribution in [0.5, 0.6) is 0 Å². The van der Waals surface area contributed by atoms with Crippen LogP contribution in [0.2, 0.25) is 0 Å². The third kappa shape index (κ3) is 2.64. The molecule has 3 heteroatoms. The van der Waals surface area contributed by atoms with Crippen LogP contribution < -0.4 is 0 Å². The first-order valence-corrected chi connectivity index (χ1v) is 5.81. The molecule has 0 unspecified atom stereocenters. The Morgan fingerprint density at radius 3 is 2.19 bits per heavy atom. The molecule has 1 saturated heterocycles. The minimum atomic E-state index is 0.0311. The van der Waals surface area contributed by atoms with Crippen LogP contribution in [0.1, 0.15) is 40.5 Å². The molecule has 16 heavy (non-hydrogen) atoms. The Hall–Kier alpha value is -0.830. The van der Waals surface area contributed by atoms with Gasteiger partial charge in [0.1, 0.15) is 6.10 Å². The number of hydrogen-bond donors (Lipinski definition) is 0. The number of carbonyl (C=O) groups is 1. The highest BCUT2D eigenvalue weighted by atomic mass is 16.5. The van der Waals surface area contributed by atoms with E-state index in [1.807, 2.05) is 6.08 Å². The fourth-order valence-electron chi connectivity index (χ4n) is 3.02. The number of piperidine rings is 1. The van der Waals surface area contributed by atoms with Gasteiger partial charge in [0.05, 0.1) is 0 Å². The summed E-state index contributed by atoms with van der Waals surface area (Å²) in [7, 11) is 0. The van der Waals surface area contributed by atoms with Crippen LogP contribution in [-0.4, -0.2) is 35.1 Å². The molecule has 0 aliphatic carbocycles. The monoisotopic (exact) mass is 225 g/mol. The number of likely N-dealkylation sites (tertiary alicyclic amines) is 1. The summed E-state index contributed by atoms with van der Waals surface area (Å²) in [4.78, 5) is 12.9. The van der Waals surface area contributed by atoms with Crippen LogP contribution in [0.3, 0.4) is 0 Å². The van der Waals surface area contributed by atoms with Crippen molar-refractivity contribution in [3.05, 3.63) is 12.7 Å². The standard InChI is InChI=1S/C13H23NO2/c1-6-7-14-12(2,3)8-11(16-10-15)9-13(14,4)5/h6,10-11H,1,7-9H2,2-5H3. The largest absolute Gasteiger partial charge is 0.464 e. The quantitative estimate of drug-likeness (QED) is 0.543. The fraction of sp³-hybridized carbons (Fsp3) is 0.769. The third-order valence-electron chi connectivity index (χ3n) is 3.48. The average molecular weight is 225 g/mol. The molecule has 0 spiro atoms. The van der Waals surface area contributed by atoms with E-state index in [0.29, 0.717) is 6.47 Å². The number of carbonyl (C=O) groups excluding carboxylic acids is 1. The zero-order chi connectivity index (χ0) is 12.4. The number of rotatable bonds is 4. The van der Waals surface area contributed by atoms with E-state index >= 15 is 0 Å². The first kappa shape index (κ1) is 13.2. The lowest BCUT2D eigenvalue weighted by Crippen LogP contribution is -2.62. The molecule has 0 amide bonds. The van der Waals surface area contributed by atoms with Crippen molar-refractivity contribution in [3.63, 3.8) is 0 Å². The van der Waals surface area contributed by atoms with Gasteiger partial charge < -0.3 is 4.74 Å². The van der Waals surface area contributed by atoms with Gasteiger partial charge in [0, 0.05) is 30.5 Å². The van der Waals surface area contributed by atoms with Crippen molar-refractivity contribution in [2.24, 2.45) is 0 Å². The molecule has 92 valence electrons. The van der Waals surface area contributed by atoms with Crippen molar-refractivity contribution < 1.29 is 9.53 Å². The highest BCUT2D eigenvalue weighted by Gasteiger charge is 2.45. The van der Waals surface area contributed by atoms with E-state index < -0.39 is 0 Å². The van der Waals surface area contributed by atoms with Crippen LogP contribution >= 0.6 is 0 Å². The van der Waals surface area contributed by atoms with Crippen LogP contribution in [0.4, 0.5) is 0 Å². The lowest BCUT2D eigenvalue weighted by molar-refractivity contribution is -0.144. The van der Waals surface area contributed by atoms with E-state index in [1.165, 1.54) is 0 Å². The van der Waals surface area contributed by atoms with Gasteiger partial charge in [-0.15, -0.1) is 6.58 Å². The van der Waals surface area contributed by atoms with E-state index in [0.717, 1.165) is 19.4 Å². The van der Waals surface area contributed by atoms with Crippen molar-refractivity contribution in [1.29, 1.82) is 0 Å². The van der Waals surface area contributed by atoms with Crippen LogP contribution in [0, 0.1) is 0 Å². The summed E-state index contributed by atoms with van der Waals surface area (Å²) in [6, 6.07) is 0. The summed E-state index contributed by atoms with van der Waals surface area (Å²) in [6.45, 7) is 14.0. The van der Waals surface area contributed by atoms with Gasteiger partial charge in [0.15, 0.2) is 0 Å². The maximum Gasteiger partial charge on any atom is 0.293 e. The Labute approximate surface area is 98.5 Å². The van der Waals surface area contributed by atoms with Gasteiger partial charge in [-0.2, -0.15) is 0 Å². The second-order valence-corrected chi connectivity index (χ2v) is 5.79. The minimum absolute atomic E-state index is 0.0311. The van der Waals surface area contributed by atoms with Crippen LogP contribution in [-0.2, 0) is 9.53 Å². The Balaban J connectivity index is 2.88. The molecule has 0 saturated carbocycles. The lowest BCUT2D eigenvalue weighted by atomic mass is 9.78. The molecular formula is C13H23NO2. The topological polar surface area (TPSA) is 29.5 Å².